The minimum absolute atomic E-state index is 0.315. The second-order valence-corrected chi connectivity index (χ2v) is 3.59. The highest BCUT2D eigenvalue weighted by molar-refractivity contribution is 5.88. The van der Waals surface area contributed by atoms with Gasteiger partial charge in [0.25, 0.3) is 5.56 Å². The number of aromatic nitrogens is 4. The molecule has 6 nitrogen and oxygen atoms in total. The number of benzene rings is 1. The summed E-state index contributed by atoms with van der Waals surface area (Å²) in [7, 11) is 0. The molecule has 0 atom stereocenters. The van der Waals surface area contributed by atoms with Crippen molar-refractivity contribution < 1.29 is 0 Å². The van der Waals surface area contributed by atoms with Crippen LogP contribution in [0, 0.1) is 0 Å². The molecule has 0 saturated heterocycles. The number of nitrogens with zero attached hydrogens (tertiary/aromatic N) is 3. The maximum atomic E-state index is 11.6. The second kappa shape index (κ2) is 3.44. The number of hydrogen-bond donors (Lipinski definition) is 2. The van der Waals surface area contributed by atoms with E-state index in [1.165, 1.54) is 10.9 Å². The predicted octanol–water partition coefficient (Wildman–Crippen LogP) is 0.691. The van der Waals surface area contributed by atoms with E-state index in [4.69, 9.17) is 5.73 Å². The molecule has 3 aromatic rings. The van der Waals surface area contributed by atoms with Crippen LogP contribution in [0.3, 0.4) is 0 Å². The Morgan fingerprint density at radius 1 is 1.24 bits per heavy atom. The van der Waals surface area contributed by atoms with Crippen LogP contribution in [-0.4, -0.2) is 20.0 Å². The van der Waals surface area contributed by atoms with Crippen LogP contribution in [-0.2, 0) is 0 Å². The number of fused-ring (bicyclic) bond motifs is 1. The van der Waals surface area contributed by atoms with Gasteiger partial charge in [-0.1, -0.05) is 18.2 Å². The molecule has 6 heteroatoms. The zero-order chi connectivity index (χ0) is 11.8. The fraction of sp³-hybridized carbons (Fsp3) is 0. The number of nitrogens with two attached hydrogens (primary N) is 1. The van der Waals surface area contributed by atoms with E-state index < -0.39 is 0 Å². The smallest absolute Gasteiger partial charge is 0.277 e. The Bertz CT molecular complexity index is 728. The average molecular weight is 227 g/mol. The van der Waals surface area contributed by atoms with Crippen molar-refractivity contribution in [3.8, 4) is 5.69 Å². The van der Waals surface area contributed by atoms with E-state index >= 15 is 0 Å². The Morgan fingerprint density at radius 2 is 2.00 bits per heavy atom. The van der Waals surface area contributed by atoms with Gasteiger partial charge in [0.1, 0.15) is 16.7 Å². The highest BCUT2D eigenvalue weighted by Gasteiger charge is 2.12. The molecule has 0 unspecified atom stereocenters. The van der Waals surface area contributed by atoms with Gasteiger partial charge in [-0.3, -0.25) is 4.79 Å². The number of rotatable bonds is 1. The minimum atomic E-state index is -0.331. The third-order valence-electron chi connectivity index (χ3n) is 2.53. The van der Waals surface area contributed by atoms with Crippen molar-refractivity contribution in [1.29, 1.82) is 0 Å². The highest BCUT2D eigenvalue weighted by Crippen LogP contribution is 2.19. The topological polar surface area (TPSA) is 89.6 Å². The molecule has 2 aromatic heterocycles. The largest absolute Gasteiger partial charge is 0.383 e. The maximum absolute atomic E-state index is 11.6. The molecule has 0 amide bonds. The van der Waals surface area contributed by atoms with Gasteiger partial charge < -0.3 is 5.73 Å². The van der Waals surface area contributed by atoms with Gasteiger partial charge in [-0.2, -0.15) is 10.2 Å². The fourth-order valence-electron chi connectivity index (χ4n) is 1.75. The second-order valence-electron chi connectivity index (χ2n) is 3.59. The van der Waals surface area contributed by atoms with Crippen molar-refractivity contribution in [2.75, 3.05) is 5.73 Å². The van der Waals surface area contributed by atoms with Gasteiger partial charge in [-0.05, 0) is 12.1 Å². The van der Waals surface area contributed by atoms with Crippen molar-refractivity contribution in [3.63, 3.8) is 0 Å². The monoisotopic (exact) mass is 227 g/mol. The molecule has 0 aliphatic rings. The van der Waals surface area contributed by atoms with Crippen molar-refractivity contribution in [1.82, 2.24) is 20.0 Å². The van der Waals surface area contributed by atoms with E-state index in [2.05, 4.69) is 15.3 Å². The van der Waals surface area contributed by atoms with Crippen LogP contribution in [0.5, 0.6) is 0 Å². The number of anilines is 1. The molecule has 84 valence electrons. The lowest BCUT2D eigenvalue weighted by atomic mass is 10.3. The third kappa shape index (κ3) is 1.38. The average Bonchev–Trinajstić information content (AvgIpc) is 2.69. The van der Waals surface area contributed by atoms with Crippen LogP contribution in [0.15, 0.2) is 41.3 Å². The molecule has 0 spiro atoms. The number of H-pyrrole nitrogens is 1. The molecule has 0 saturated carbocycles. The Hall–Kier alpha value is -2.63. The summed E-state index contributed by atoms with van der Waals surface area (Å²) < 4.78 is 1.53. The zero-order valence-corrected chi connectivity index (χ0v) is 8.79. The van der Waals surface area contributed by atoms with Crippen LogP contribution in [0.25, 0.3) is 16.6 Å². The van der Waals surface area contributed by atoms with E-state index in [1.54, 1.807) is 0 Å². The Balaban J connectivity index is 2.37. The van der Waals surface area contributed by atoms with E-state index in [1.807, 2.05) is 30.3 Å². The number of hydrogen-bond acceptors (Lipinski definition) is 4. The van der Waals surface area contributed by atoms with Crippen LogP contribution < -0.4 is 11.3 Å². The molecule has 2 heterocycles. The SMILES string of the molecule is Nc1c2c(=O)[nH]ncc2nn1-c1ccccc1. The van der Waals surface area contributed by atoms with Gasteiger partial charge in [0, 0.05) is 0 Å². The van der Waals surface area contributed by atoms with Gasteiger partial charge in [-0.25, -0.2) is 9.78 Å². The maximum Gasteiger partial charge on any atom is 0.277 e. The summed E-state index contributed by atoms with van der Waals surface area (Å²) >= 11 is 0. The summed E-state index contributed by atoms with van der Waals surface area (Å²) in [5.74, 6) is 0.315. The Kier molecular flexibility index (Phi) is 1.94. The Labute approximate surface area is 95.7 Å². The standard InChI is InChI=1S/C11H9N5O/c12-10-9-8(6-13-14-11(9)17)15-16(10)7-4-2-1-3-5-7/h1-6H,12H2,(H,14,17). The van der Waals surface area contributed by atoms with Gasteiger partial charge in [0.2, 0.25) is 0 Å². The molecule has 1 aromatic carbocycles. The number of nitrogens with one attached hydrogen (secondary N) is 1. The molecule has 0 aliphatic carbocycles. The van der Waals surface area contributed by atoms with Crippen molar-refractivity contribution in [2.24, 2.45) is 0 Å². The summed E-state index contributed by atoms with van der Waals surface area (Å²) in [4.78, 5) is 11.6. The van der Waals surface area contributed by atoms with Crippen LogP contribution in [0.4, 0.5) is 5.82 Å². The van der Waals surface area contributed by atoms with Crippen molar-refractivity contribution in [3.05, 3.63) is 46.9 Å². The summed E-state index contributed by atoms with van der Waals surface area (Å²) in [6.45, 7) is 0. The first kappa shape index (κ1) is 9.59. The normalized spacial score (nSPS) is 10.8. The molecule has 17 heavy (non-hydrogen) atoms. The summed E-state index contributed by atoms with van der Waals surface area (Å²) in [5.41, 5.74) is 6.88. The lowest BCUT2D eigenvalue weighted by Crippen LogP contribution is -2.08. The van der Waals surface area contributed by atoms with E-state index in [9.17, 15) is 4.79 Å². The van der Waals surface area contributed by atoms with Gasteiger partial charge in [0.05, 0.1) is 11.9 Å². The molecule has 3 N–H and O–H groups in total. The first-order valence-corrected chi connectivity index (χ1v) is 5.04. The summed E-state index contributed by atoms with van der Waals surface area (Å²) in [6.07, 6.45) is 1.48. The minimum Gasteiger partial charge on any atom is -0.383 e. The Morgan fingerprint density at radius 3 is 2.71 bits per heavy atom. The summed E-state index contributed by atoms with van der Waals surface area (Å²) in [6, 6.07) is 9.39. The molecule has 3 rings (SSSR count). The third-order valence-corrected chi connectivity index (χ3v) is 2.53. The lowest BCUT2D eigenvalue weighted by molar-refractivity contribution is 0.905. The number of para-hydroxylation sites is 1. The van der Waals surface area contributed by atoms with Gasteiger partial charge >= 0.3 is 0 Å². The highest BCUT2D eigenvalue weighted by atomic mass is 16.1. The predicted molar refractivity (Wildman–Crippen MR) is 63.9 cm³/mol. The molecular weight excluding hydrogens is 218 g/mol. The van der Waals surface area contributed by atoms with Gasteiger partial charge in [-0.15, -0.1) is 0 Å². The van der Waals surface area contributed by atoms with Crippen molar-refractivity contribution in [2.45, 2.75) is 0 Å². The van der Waals surface area contributed by atoms with Crippen LogP contribution in [0.1, 0.15) is 0 Å². The zero-order valence-electron chi connectivity index (χ0n) is 8.79. The van der Waals surface area contributed by atoms with E-state index in [-0.39, 0.29) is 5.56 Å². The first-order valence-electron chi connectivity index (χ1n) is 5.04. The molecule has 0 radical (unpaired) electrons. The number of nitrogen functional groups attached to an aromatic ring is 1. The number of aromatic amines is 1. The molecule has 0 fully saturated rings. The van der Waals surface area contributed by atoms with Crippen LogP contribution >= 0.6 is 0 Å². The van der Waals surface area contributed by atoms with E-state index in [0.29, 0.717) is 16.7 Å². The van der Waals surface area contributed by atoms with Crippen molar-refractivity contribution >= 4 is 16.7 Å². The molecule has 0 bridgehead atoms. The fourth-order valence-corrected chi connectivity index (χ4v) is 1.75. The van der Waals surface area contributed by atoms with Crippen LogP contribution in [0.2, 0.25) is 0 Å². The molecule has 0 aliphatic heterocycles. The lowest BCUT2D eigenvalue weighted by Gasteiger charge is -2.02. The molecular formula is C11H9N5O. The van der Waals surface area contributed by atoms with Gasteiger partial charge in [0.15, 0.2) is 0 Å². The van der Waals surface area contributed by atoms with E-state index in [0.717, 1.165) is 5.69 Å². The summed E-state index contributed by atoms with van der Waals surface area (Å²) in [5, 5.41) is 10.6. The first-order chi connectivity index (χ1) is 8.27. The quantitative estimate of drug-likeness (QED) is 0.640.